The summed E-state index contributed by atoms with van der Waals surface area (Å²) in [6.45, 7) is 5.51. The molecule has 1 N–H and O–H groups in total. The van der Waals surface area contributed by atoms with E-state index in [-0.39, 0.29) is 17.9 Å². The number of amides is 3. The van der Waals surface area contributed by atoms with Gasteiger partial charge in [0.1, 0.15) is 0 Å². The molecular weight excluding hydrogens is 340 g/mol. The maximum atomic E-state index is 12.8. The van der Waals surface area contributed by atoms with Gasteiger partial charge in [0, 0.05) is 51.1 Å². The topological polar surface area (TPSA) is 55.9 Å². The molecule has 2 aliphatic rings. The number of carbonyl (C=O) groups is 2. The number of likely N-dealkylation sites (N-methyl/N-ethyl adjacent to an activating group) is 1. The molecule has 1 aromatic carbocycles. The molecule has 1 aliphatic carbocycles. The Morgan fingerprint density at radius 2 is 1.89 bits per heavy atom. The van der Waals surface area contributed by atoms with Crippen LogP contribution in [0.5, 0.6) is 0 Å². The van der Waals surface area contributed by atoms with Gasteiger partial charge in [0.2, 0.25) is 5.91 Å². The van der Waals surface area contributed by atoms with Crippen LogP contribution in [0.2, 0.25) is 0 Å². The van der Waals surface area contributed by atoms with E-state index in [1.807, 2.05) is 23.9 Å². The molecule has 3 amide bonds. The van der Waals surface area contributed by atoms with Crippen molar-refractivity contribution in [3.05, 3.63) is 35.4 Å². The lowest BCUT2D eigenvalue weighted by Gasteiger charge is -2.25. The molecule has 2 fully saturated rings. The third kappa shape index (κ3) is 5.70. The first-order chi connectivity index (χ1) is 12.9. The van der Waals surface area contributed by atoms with Gasteiger partial charge in [-0.3, -0.25) is 4.79 Å². The third-order valence-electron chi connectivity index (χ3n) is 5.37. The number of nitrogens with one attached hydrogen (secondary N) is 1. The van der Waals surface area contributed by atoms with Gasteiger partial charge >= 0.3 is 6.03 Å². The molecular formula is C21H32N4O2. The van der Waals surface area contributed by atoms with Crippen LogP contribution in [0.3, 0.4) is 0 Å². The fraction of sp³-hybridized carbons (Fsp3) is 0.619. The van der Waals surface area contributed by atoms with Crippen LogP contribution in [-0.4, -0.2) is 73.0 Å². The number of hydrogen-bond acceptors (Lipinski definition) is 3. The van der Waals surface area contributed by atoms with Gasteiger partial charge in [-0.25, -0.2) is 4.79 Å². The summed E-state index contributed by atoms with van der Waals surface area (Å²) in [7, 11) is 4.02. The van der Waals surface area contributed by atoms with E-state index in [4.69, 9.17) is 0 Å². The van der Waals surface area contributed by atoms with Crippen molar-refractivity contribution in [3.63, 3.8) is 0 Å². The van der Waals surface area contributed by atoms with Crippen LogP contribution in [-0.2, 0) is 11.3 Å². The summed E-state index contributed by atoms with van der Waals surface area (Å²) in [5.74, 6) is 0.484. The number of likely N-dealkylation sites (tertiary alicyclic amines) is 1. The van der Waals surface area contributed by atoms with E-state index in [1.54, 1.807) is 0 Å². The summed E-state index contributed by atoms with van der Waals surface area (Å²) in [6, 6.07) is 8.73. The van der Waals surface area contributed by atoms with Crippen molar-refractivity contribution in [1.82, 2.24) is 20.0 Å². The quantitative estimate of drug-likeness (QED) is 0.760. The van der Waals surface area contributed by atoms with Crippen LogP contribution in [0.25, 0.3) is 0 Å². The lowest BCUT2D eigenvalue weighted by molar-refractivity contribution is -0.128. The number of rotatable bonds is 8. The first-order valence-corrected chi connectivity index (χ1v) is 9.95. The maximum absolute atomic E-state index is 12.8. The van der Waals surface area contributed by atoms with Crippen molar-refractivity contribution in [2.75, 3.05) is 40.3 Å². The van der Waals surface area contributed by atoms with Gasteiger partial charge in [0.15, 0.2) is 0 Å². The minimum absolute atomic E-state index is 0.0465. The molecule has 148 valence electrons. The highest BCUT2D eigenvalue weighted by atomic mass is 16.2. The number of benzene rings is 1. The molecule has 1 saturated heterocycles. The van der Waals surface area contributed by atoms with E-state index in [2.05, 4.69) is 41.4 Å². The molecule has 6 nitrogen and oxygen atoms in total. The van der Waals surface area contributed by atoms with E-state index in [0.29, 0.717) is 32.1 Å². The molecule has 27 heavy (non-hydrogen) atoms. The molecule has 0 bridgehead atoms. The molecule has 1 saturated carbocycles. The van der Waals surface area contributed by atoms with Crippen LogP contribution in [0.15, 0.2) is 24.3 Å². The van der Waals surface area contributed by atoms with Gasteiger partial charge in [-0.1, -0.05) is 29.8 Å². The van der Waals surface area contributed by atoms with Crippen molar-refractivity contribution >= 4 is 11.9 Å². The summed E-state index contributed by atoms with van der Waals surface area (Å²) in [4.78, 5) is 30.8. The van der Waals surface area contributed by atoms with Crippen molar-refractivity contribution in [1.29, 1.82) is 0 Å². The number of urea groups is 1. The average Bonchev–Trinajstić information content (AvgIpc) is 3.40. The van der Waals surface area contributed by atoms with Crippen molar-refractivity contribution in [3.8, 4) is 0 Å². The fourth-order valence-corrected chi connectivity index (χ4v) is 3.51. The molecule has 0 radical (unpaired) electrons. The van der Waals surface area contributed by atoms with Crippen LogP contribution in [0.1, 0.15) is 30.4 Å². The van der Waals surface area contributed by atoms with Gasteiger partial charge in [0.25, 0.3) is 0 Å². The Kier molecular flexibility index (Phi) is 6.37. The highest BCUT2D eigenvalue weighted by Crippen LogP contribution is 2.32. The Bertz CT molecular complexity index is 655. The number of carbonyl (C=O) groups excluding carboxylic acids is 2. The molecule has 0 unspecified atom stereocenters. The van der Waals surface area contributed by atoms with Crippen molar-refractivity contribution in [2.24, 2.45) is 5.92 Å². The van der Waals surface area contributed by atoms with Crippen LogP contribution >= 0.6 is 0 Å². The minimum atomic E-state index is -0.0465. The highest BCUT2D eigenvalue weighted by molar-refractivity contribution is 5.79. The van der Waals surface area contributed by atoms with Crippen molar-refractivity contribution < 1.29 is 9.59 Å². The zero-order chi connectivity index (χ0) is 19.4. The second kappa shape index (κ2) is 8.74. The molecule has 0 spiro atoms. The molecule has 1 aliphatic heterocycles. The normalized spacial score (nSPS) is 19.6. The van der Waals surface area contributed by atoms with E-state index in [9.17, 15) is 9.59 Å². The van der Waals surface area contributed by atoms with Gasteiger partial charge in [0.05, 0.1) is 0 Å². The van der Waals surface area contributed by atoms with Gasteiger partial charge in [-0.05, 0) is 39.4 Å². The summed E-state index contributed by atoms with van der Waals surface area (Å²) in [5.41, 5.74) is 2.35. The third-order valence-corrected chi connectivity index (χ3v) is 5.37. The molecule has 3 rings (SSSR count). The van der Waals surface area contributed by atoms with Crippen LogP contribution in [0, 0.1) is 12.8 Å². The van der Waals surface area contributed by atoms with E-state index >= 15 is 0 Å². The van der Waals surface area contributed by atoms with Crippen LogP contribution < -0.4 is 5.32 Å². The van der Waals surface area contributed by atoms with Crippen molar-refractivity contribution in [2.45, 2.75) is 38.8 Å². The Morgan fingerprint density at radius 3 is 2.52 bits per heavy atom. The molecule has 0 aromatic heterocycles. The SMILES string of the molecule is Cc1ccc(CN(CCN(C)C)C(=O)NC[C@H]2CC(=O)N(C3CC3)C2)cc1. The summed E-state index contributed by atoms with van der Waals surface area (Å²) >= 11 is 0. The first kappa shape index (κ1) is 19.7. The number of nitrogens with zero attached hydrogens (tertiary/aromatic N) is 3. The minimum Gasteiger partial charge on any atom is -0.339 e. The van der Waals surface area contributed by atoms with Gasteiger partial charge in [-0.2, -0.15) is 0 Å². The number of aryl methyl sites for hydroxylation is 1. The lowest BCUT2D eigenvalue weighted by atomic mass is 10.1. The van der Waals surface area contributed by atoms with Crippen LogP contribution in [0.4, 0.5) is 4.79 Å². The maximum Gasteiger partial charge on any atom is 0.317 e. The summed E-state index contributed by atoms with van der Waals surface area (Å²) < 4.78 is 0. The molecule has 6 heteroatoms. The summed E-state index contributed by atoms with van der Waals surface area (Å²) in [6.07, 6.45) is 2.84. The monoisotopic (exact) mass is 372 g/mol. The zero-order valence-electron chi connectivity index (χ0n) is 16.8. The van der Waals surface area contributed by atoms with Gasteiger partial charge < -0.3 is 20.0 Å². The zero-order valence-corrected chi connectivity index (χ0v) is 16.8. The highest BCUT2D eigenvalue weighted by Gasteiger charge is 2.39. The molecule has 1 atom stereocenters. The fourth-order valence-electron chi connectivity index (χ4n) is 3.51. The largest absolute Gasteiger partial charge is 0.339 e. The predicted octanol–water partition coefficient (Wildman–Crippen LogP) is 2.08. The smallest absolute Gasteiger partial charge is 0.317 e. The van der Waals surface area contributed by atoms with E-state index in [1.165, 1.54) is 5.56 Å². The number of hydrogen-bond donors (Lipinski definition) is 1. The van der Waals surface area contributed by atoms with Gasteiger partial charge in [-0.15, -0.1) is 0 Å². The Balaban J connectivity index is 1.53. The second-order valence-corrected chi connectivity index (χ2v) is 8.24. The standard InChI is InChI=1S/C21H32N4O2/c1-16-4-6-17(7-5-16)14-24(11-10-23(2)3)21(27)22-13-18-12-20(26)25(15-18)19-8-9-19/h4-7,18-19H,8-15H2,1-3H3,(H,22,27)/t18-/m1/s1. The Labute approximate surface area is 162 Å². The second-order valence-electron chi connectivity index (χ2n) is 8.24. The Hall–Kier alpha value is -2.08. The predicted molar refractivity (Wildman–Crippen MR) is 106 cm³/mol. The van der Waals surface area contributed by atoms with E-state index in [0.717, 1.165) is 31.5 Å². The Morgan fingerprint density at radius 1 is 1.19 bits per heavy atom. The molecule has 1 heterocycles. The summed E-state index contributed by atoms with van der Waals surface area (Å²) in [5, 5.41) is 3.07. The van der Waals surface area contributed by atoms with E-state index < -0.39 is 0 Å². The first-order valence-electron chi connectivity index (χ1n) is 9.95. The average molecular weight is 373 g/mol. The molecule has 1 aromatic rings. The lowest BCUT2D eigenvalue weighted by Crippen LogP contribution is -2.44.